The normalized spacial score (nSPS) is 24.6. The van der Waals surface area contributed by atoms with Crippen LogP contribution in [-0.2, 0) is 20.9 Å². The maximum atomic E-state index is 13.2. The van der Waals surface area contributed by atoms with Crippen LogP contribution in [0, 0.1) is 0 Å². The number of nitrogens with zero attached hydrogens (tertiary/aromatic N) is 3. The Morgan fingerprint density at radius 1 is 1.29 bits per heavy atom. The van der Waals surface area contributed by atoms with Crippen LogP contribution < -0.4 is 15.4 Å². The van der Waals surface area contributed by atoms with Gasteiger partial charge in [0.25, 0.3) is 0 Å². The molecule has 1 aromatic rings. The average Bonchev–Trinajstić information content (AvgIpc) is 3.03. The number of hydrogen-bond acceptors (Lipinski definition) is 6. The predicted molar refractivity (Wildman–Crippen MR) is 101 cm³/mol. The topological polar surface area (TPSA) is 104 Å². The Morgan fingerprint density at radius 2 is 2.07 bits per heavy atom. The van der Waals surface area contributed by atoms with Crippen LogP contribution in [0.1, 0.15) is 25.8 Å². The van der Waals surface area contributed by atoms with Crippen LogP contribution in [0.15, 0.2) is 18.3 Å². The molecule has 2 N–H and O–H groups in total. The zero-order valence-electron chi connectivity index (χ0n) is 16.5. The minimum Gasteiger partial charge on any atom is -0.481 e. The molecule has 0 spiro atoms. The maximum absolute atomic E-state index is 13.2. The van der Waals surface area contributed by atoms with Gasteiger partial charge in [-0.1, -0.05) is 6.07 Å². The van der Waals surface area contributed by atoms with Gasteiger partial charge in [0.05, 0.1) is 7.11 Å². The fourth-order valence-corrected chi connectivity index (χ4v) is 4.08. The summed E-state index contributed by atoms with van der Waals surface area (Å²) in [5.41, 5.74) is 0.885. The number of piperazine rings is 1. The second-order valence-electron chi connectivity index (χ2n) is 7.33. The Hall–Kier alpha value is -2.68. The van der Waals surface area contributed by atoms with E-state index in [4.69, 9.17) is 4.74 Å². The molecule has 3 rings (SSSR count). The average molecular weight is 389 g/mol. The molecule has 152 valence electrons. The first-order valence-electron chi connectivity index (χ1n) is 9.43. The summed E-state index contributed by atoms with van der Waals surface area (Å²) >= 11 is 0. The summed E-state index contributed by atoms with van der Waals surface area (Å²) in [4.78, 5) is 44.2. The third kappa shape index (κ3) is 4.41. The molecule has 9 nitrogen and oxygen atoms in total. The number of rotatable bonds is 6. The van der Waals surface area contributed by atoms with Gasteiger partial charge in [-0.15, -0.1) is 0 Å². The molecule has 2 fully saturated rings. The summed E-state index contributed by atoms with van der Waals surface area (Å²) < 4.78 is 5.34. The predicted octanol–water partition coefficient (Wildman–Crippen LogP) is -0.484. The van der Waals surface area contributed by atoms with Crippen molar-refractivity contribution in [2.75, 3.05) is 26.7 Å². The van der Waals surface area contributed by atoms with Crippen molar-refractivity contribution in [3.8, 4) is 5.88 Å². The summed E-state index contributed by atoms with van der Waals surface area (Å²) in [6.07, 6.45) is 2.38. The molecule has 9 heteroatoms. The number of carbonyl (C=O) groups is 3. The summed E-state index contributed by atoms with van der Waals surface area (Å²) in [7, 11) is 1.57. The molecule has 0 unspecified atom stereocenters. The maximum Gasteiger partial charge on any atom is 0.242 e. The summed E-state index contributed by atoms with van der Waals surface area (Å²) in [6.45, 7) is 4.81. The number of ether oxygens (including phenoxy) is 1. The number of carbonyl (C=O) groups excluding carboxylic acids is 3. The highest BCUT2D eigenvalue weighted by Gasteiger charge is 2.45. The van der Waals surface area contributed by atoms with Gasteiger partial charge >= 0.3 is 0 Å². The molecule has 3 amide bonds. The number of methoxy groups -OCH3 is 1. The first kappa shape index (κ1) is 20.1. The molecule has 0 radical (unpaired) electrons. The van der Waals surface area contributed by atoms with Crippen molar-refractivity contribution in [3.05, 3.63) is 23.9 Å². The second kappa shape index (κ2) is 8.55. The zero-order chi connectivity index (χ0) is 20.3. The lowest BCUT2D eigenvalue weighted by Gasteiger charge is -2.42. The molecule has 0 aromatic carbocycles. The highest BCUT2D eigenvalue weighted by molar-refractivity contribution is 5.85. The van der Waals surface area contributed by atoms with E-state index in [0.29, 0.717) is 25.5 Å². The SMILES string of the molecule is COc1ncccc1CN1C[C@@H]2C[C@H](NC(C)=O)CN2C(=O)[C@@H]1CNC(C)=O. The van der Waals surface area contributed by atoms with E-state index in [9.17, 15) is 14.4 Å². The van der Waals surface area contributed by atoms with Crippen LogP contribution in [0.5, 0.6) is 5.88 Å². The highest BCUT2D eigenvalue weighted by Crippen LogP contribution is 2.28. The number of nitrogens with one attached hydrogen (secondary N) is 2. The molecule has 2 aliphatic rings. The third-order valence-electron chi connectivity index (χ3n) is 5.24. The van der Waals surface area contributed by atoms with E-state index in [1.54, 1.807) is 13.3 Å². The van der Waals surface area contributed by atoms with Gasteiger partial charge in [0.1, 0.15) is 6.04 Å². The standard InChI is InChI=1S/C19H27N5O4/c1-12(25)21-8-17-19(27)24-10-15(22-13(2)26)7-16(24)11-23(17)9-14-5-4-6-20-18(14)28-3/h4-6,15-17H,7-11H2,1-3H3,(H,21,25)(H,22,26)/t15-,16-,17-/m0/s1. The Kier molecular flexibility index (Phi) is 6.13. The van der Waals surface area contributed by atoms with Gasteiger partial charge in [0.15, 0.2) is 0 Å². The first-order chi connectivity index (χ1) is 13.4. The number of amides is 3. The Labute approximate surface area is 164 Å². The number of fused-ring (bicyclic) bond motifs is 1. The number of hydrogen-bond donors (Lipinski definition) is 2. The largest absolute Gasteiger partial charge is 0.481 e. The van der Waals surface area contributed by atoms with Crippen LogP contribution in [0.2, 0.25) is 0 Å². The highest BCUT2D eigenvalue weighted by atomic mass is 16.5. The molecule has 3 heterocycles. The van der Waals surface area contributed by atoms with Gasteiger partial charge in [-0.25, -0.2) is 4.98 Å². The van der Waals surface area contributed by atoms with Crippen LogP contribution >= 0.6 is 0 Å². The van der Waals surface area contributed by atoms with Crippen LogP contribution in [0.4, 0.5) is 0 Å². The molecule has 2 aliphatic heterocycles. The Morgan fingerprint density at radius 3 is 2.75 bits per heavy atom. The lowest BCUT2D eigenvalue weighted by atomic mass is 10.0. The van der Waals surface area contributed by atoms with Gasteiger partial charge in [-0.3, -0.25) is 19.3 Å². The lowest BCUT2D eigenvalue weighted by molar-refractivity contribution is -0.144. The minimum absolute atomic E-state index is 0.0271. The minimum atomic E-state index is -0.471. The number of pyridine rings is 1. The van der Waals surface area contributed by atoms with E-state index in [0.717, 1.165) is 12.0 Å². The van der Waals surface area contributed by atoms with Gasteiger partial charge in [0, 0.05) is 63.9 Å². The smallest absolute Gasteiger partial charge is 0.242 e. The van der Waals surface area contributed by atoms with Crippen LogP contribution in [-0.4, -0.2) is 77.4 Å². The second-order valence-corrected chi connectivity index (χ2v) is 7.33. The van der Waals surface area contributed by atoms with E-state index >= 15 is 0 Å². The Balaban J connectivity index is 1.80. The van der Waals surface area contributed by atoms with Crippen molar-refractivity contribution in [2.45, 2.75) is 44.9 Å². The van der Waals surface area contributed by atoms with Crippen molar-refractivity contribution in [1.29, 1.82) is 0 Å². The molecule has 0 bridgehead atoms. The molecular formula is C19H27N5O4. The van der Waals surface area contributed by atoms with Gasteiger partial charge in [-0.2, -0.15) is 0 Å². The van der Waals surface area contributed by atoms with Crippen LogP contribution in [0.25, 0.3) is 0 Å². The molecule has 1 aromatic heterocycles. The summed E-state index contributed by atoms with van der Waals surface area (Å²) in [5, 5.41) is 5.68. The van der Waals surface area contributed by atoms with Crippen LogP contribution in [0.3, 0.4) is 0 Å². The fourth-order valence-electron chi connectivity index (χ4n) is 4.08. The van der Waals surface area contributed by atoms with E-state index in [1.807, 2.05) is 17.0 Å². The van der Waals surface area contributed by atoms with Gasteiger partial charge < -0.3 is 20.3 Å². The van der Waals surface area contributed by atoms with Crippen molar-refractivity contribution in [2.24, 2.45) is 0 Å². The van der Waals surface area contributed by atoms with E-state index in [2.05, 4.69) is 20.5 Å². The van der Waals surface area contributed by atoms with Gasteiger partial charge in [-0.05, 0) is 12.5 Å². The molecule has 3 atom stereocenters. The fraction of sp³-hybridized carbons (Fsp3) is 0.579. The van der Waals surface area contributed by atoms with Gasteiger partial charge in [0.2, 0.25) is 23.6 Å². The Bertz CT molecular complexity index is 756. The summed E-state index contributed by atoms with van der Waals surface area (Å²) in [5.74, 6) is 0.231. The van der Waals surface area contributed by atoms with E-state index < -0.39 is 6.04 Å². The van der Waals surface area contributed by atoms with E-state index in [-0.39, 0.29) is 36.3 Å². The lowest BCUT2D eigenvalue weighted by Crippen LogP contribution is -2.62. The monoisotopic (exact) mass is 389 g/mol. The quantitative estimate of drug-likeness (QED) is 0.681. The van der Waals surface area contributed by atoms with Crippen molar-refractivity contribution in [1.82, 2.24) is 25.4 Å². The van der Waals surface area contributed by atoms with Crippen molar-refractivity contribution < 1.29 is 19.1 Å². The molecule has 0 saturated carbocycles. The third-order valence-corrected chi connectivity index (χ3v) is 5.24. The summed E-state index contributed by atoms with van der Waals surface area (Å²) in [6, 6.07) is 3.27. The molecular weight excluding hydrogens is 362 g/mol. The van der Waals surface area contributed by atoms with E-state index in [1.165, 1.54) is 13.8 Å². The van der Waals surface area contributed by atoms with Crippen molar-refractivity contribution in [3.63, 3.8) is 0 Å². The number of aromatic nitrogens is 1. The van der Waals surface area contributed by atoms with Crippen molar-refractivity contribution >= 4 is 17.7 Å². The molecule has 2 saturated heterocycles. The molecule has 0 aliphatic carbocycles. The zero-order valence-corrected chi connectivity index (χ0v) is 16.5. The first-order valence-corrected chi connectivity index (χ1v) is 9.43. The molecule has 28 heavy (non-hydrogen) atoms.